The number of methoxy groups -OCH3 is 1. The van der Waals surface area contributed by atoms with Gasteiger partial charge in [-0.1, -0.05) is 13.8 Å². The van der Waals surface area contributed by atoms with Crippen molar-refractivity contribution in [2.75, 3.05) is 13.7 Å². The Balaban J connectivity index is 2.77. The molecular formula is C13H25NO2. The minimum atomic E-state index is -0.634. The maximum absolute atomic E-state index is 12.5. The number of piperidine rings is 1. The smallest absolute Gasteiger partial charge is 0.254 e. The summed E-state index contributed by atoms with van der Waals surface area (Å²) in [7, 11) is 1.63. The van der Waals surface area contributed by atoms with Gasteiger partial charge in [-0.3, -0.25) is 4.79 Å². The Labute approximate surface area is 99.1 Å². The van der Waals surface area contributed by atoms with Gasteiger partial charge in [0, 0.05) is 19.7 Å². The summed E-state index contributed by atoms with van der Waals surface area (Å²) in [6.07, 6.45) is 5.31. The molecule has 1 heterocycles. The van der Waals surface area contributed by atoms with E-state index in [0.29, 0.717) is 6.04 Å². The molecule has 0 aromatic rings. The van der Waals surface area contributed by atoms with Crippen LogP contribution < -0.4 is 0 Å². The molecule has 0 aliphatic carbocycles. The predicted octanol–water partition coefficient (Wildman–Crippen LogP) is 2.59. The number of carbonyl (C=O) groups is 1. The molecule has 1 saturated heterocycles. The van der Waals surface area contributed by atoms with Crippen LogP contribution in [0.5, 0.6) is 0 Å². The number of ether oxygens (including phenoxy) is 1. The summed E-state index contributed by atoms with van der Waals surface area (Å²) >= 11 is 0. The van der Waals surface area contributed by atoms with Crippen molar-refractivity contribution in [2.45, 2.75) is 64.5 Å². The van der Waals surface area contributed by atoms with Crippen molar-refractivity contribution in [1.29, 1.82) is 0 Å². The van der Waals surface area contributed by atoms with Gasteiger partial charge >= 0.3 is 0 Å². The molecule has 94 valence electrons. The molecule has 3 heteroatoms. The van der Waals surface area contributed by atoms with Crippen molar-refractivity contribution >= 4 is 5.91 Å². The number of hydrogen-bond acceptors (Lipinski definition) is 2. The van der Waals surface area contributed by atoms with Gasteiger partial charge < -0.3 is 9.64 Å². The molecule has 1 aliphatic rings. The first-order valence-corrected chi connectivity index (χ1v) is 6.45. The molecule has 16 heavy (non-hydrogen) atoms. The average molecular weight is 227 g/mol. The van der Waals surface area contributed by atoms with Crippen LogP contribution in [-0.2, 0) is 9.53 Å². The van der Waals surface area contributed by atoms with Gasteiger partial charge in [-0.05, 0) is 39.0 Å². The van der Waals surface area contributed by atoms with Crippen molar-refractivity contribution < 1.29 is 9.53 Å². The topological polar surface area (TPSA) is 29.5 Å². The highest BCUT2D eigenvalue weighted by atomic mass is 16.5. The largest absolute Gasteiger partial charge is 0.369 e. The summed E-state index contributed by atoms with van der Waals surface area (Å²) in [4.78, 5) is 14.5. The molecule has 1 fully saturated rings. The quantitative estimate of drug-likeness (QED) is 0.739. The summed E-state index contributed by atoms with van der Waals surface area (Å²) < 4.78 is 5.40. The number of hydrogen-bond donors (Lipinski definition) is 0. The van der Waals surface area contributed by atoms with E-state index in [1.807, 2.05) is 18.7 Å². The first kappa shape index (κ1) is 13.5. The van der Waals surface area contributed by atoms with Gasteiger partial charge in [-0.2, -0.15) is 0 Å². The number of carbonyl (C=O) groups excluding carboxylic acids is 1. The summed E-state index contributed by atoms with van der Waals surface area (Å²) in [6, 6.07) is 0.419. The van der Waals surface area contributed by atoms with E-state index >= 15 is 0 Å². The SMILES string of the molecule is CCC1CCCCN1C(=O)C(C)(CC)OC. The van der Waals surface area contributed by atoms with Crippen LogP contribution in [0.2, 0.25) is 0 Å². The molecule has 0 N–H and O–H groups in total. The monoisotopic (exact) mass is 227 g/mol. The van der Waals surface area contributed by atoms with Crippen LogP contribution in [-0.4, -0.2) is 36.1 Å². The van der Waals surface area contributed by atoms with E-state index in [1.54, 1.807) is 7.11 Å². The van der Waals surface area contributed by atoms with Crippen molar-refractivity contribution in [2.24, 2.45) is 0 Å². The van der Waals surface area contributed by atoms with Crippen LogP contribution in [0.15, 0.2) is 0 Å². The van der Waals surface area contributed by atoms with Crippen LogP contribution in [0.4, 0.5) is 0 Å². The highest BCUT2D eigenvalue weighted by Crippen LogP contribution is 2.25. The molecule has 0 aromatic heterocycles. The van der Waals surface area contributed by atoms with Gasteiger partial charge in [0.05, 0.1) is 0 Å². The molecule has 0 aromatic carbocycles. The van der Waals surface area contributed by atoms with E-state index in [9.17, 15) is 4.79 Å². The van der Waals surface area contributed by atoms with E-state index in [1.165, 1.54) is 6.42 Å². The van der Waals surface area contributed by atoms with E-state index in [4.69, 9.17) is 4.74 Å². The summed E-state index contributed by atoms with van der Waals surface area (Å²) in [6.45, 7) is 6.96. The average Bonchev–Trinajstić information content (AvgIpc) is 2.36. The zero-order chi connectivity index (χ0) is 12.2. The lowest BCUT2D eigenvalue weighted by molar-refractivity contribution is -0.157. The zero-order valence-electron chi connectivity index (χ0n) is 11.1. The fourth-order valence-corrected chi connectivity index (χ4v) is 2.38. The van der Waals surface area contributed by atoms with Gasteiger partial charge in [0.15, 0.2) is 0 Å². The summed E-state index contributed by atoms with van der Waals surface area (Å²) in [5.74, 6) is 0.170. The van der Waals surface area contributed by atoms with E-state index < -0.39 is 5.60 Å². The number of amides is 1. The van der Waals surface area contributed by atoms with Gasteiger partial charge in [-0.15, -0.1) is 0 Å². The molecule has 0 bridgehead atoms. The van der Waals surface area contributed by atoms with Crippen LogP contribution in [0.1, 0.15) is 52.9 Å². The molecule has 3 nitrogen and oxygen atoms in total. The van der Waals surface area contributed by atoms with E-state index in [-0.39, 0.29) is 5.91 Å². The van der Waals surface area contributed by atoms with Gasteiger partial charge in [0.25, 0.3) is 5.91 Å². The fourth-order valence-electron chi connectivity index (χ4n) is 2.38. The van der Waals surface area contributed by atoms with Crippen molar-refractivity contribution in [1.82, 2.24) is 4.90 Å². The lowest BCUT2D eigenvalue weighted by Gasteiger charge is -2.40. The lowest BCUT2D eigenvalue weighted by atomic mass is 9.94. The second-order valence-corrected chi connectivity index (χ2v) is 4.84. The summed E-state index contributed by atoms with van der Waals surface area (Å²) in [5, 5.41) is 0. The molecule has 0 saturated carbocycles. The third kappa shape index (κ3) is 2.57. The molecule has 1 rings (SSSR count). The van der Waals surface area contributed by atoms with Gasteiger partial charge in [-0.25, -0.2) is 0 Å². The maximum atomic E-state index is 12.5. The fraction of sp³-hybridized carbons (Fsp3) is 0.923. The molecule has 1 aliphatic heterocycles. The highest BCUT2D eigenvalue weighted by Gasteiger charge is 2.38. The Morgan fingerprint density at radius 2 is 2.12 bits per heavy atom. The zero-order valence-corrected chi connectivity index (χ0v) is 11.1. The molecule has 2 unspecified atom stereocenters. The molecule has 1 amide bonds. The Bertz CT molecular complexity index is 236. The van der Waals surface area contributed by atoms with Crippen LogP contribution in [0, 0.1) is 0 Å². The standard InChI is InChI=1S/C13H25NO2/c1-5-11-9-7-8-10-14(11)12(15)13(3,6-2)16-4/h11H,5-10H2,1-4H3. The van der Waals surface area contributed by atoms with Crippen LogP contribution in [0.25, 0.3) is 0 Å². The summed E-state index contributed by atoms with van der Waals surface area (Å²) in [5.41, 5.74) is -0.634. The van der Waals surface area contributed by atoms with E-state index in [2.05, 4.69) is 6.92 Å². The first-order chi connectivity index (χ1) is 7.59. The second-order valence-electron chi connectivity index (χ2n) is 4.84. The van der Waals surface area contributed by atoms with Crippen LogP contribution >= 0.6 is 0 Å². The minimum Gasteiger partial charge on any atom is -0.369 e. The van der Waals surface area contributed by atoms with E-state index in [0.717, 1.165) is 32.2 Å². The van der Waals surface area contributed by atoms with Crippen molar-refractivity contribution in [3.05, 3.63) is 0 Å². The highest BCUT2D eigenvalue weighted by molar-refractivity contribution is 5.85. The number of likely N-dealkylation sites (tertiary alicyclic amines) is 1. The number of rotatable bonds is 4. The third-order valence-corrected chi connectivity index (χ3v) is 3.94. The minimum absolute atomic E-state index is 0.170. The second kappa shape index (κ2) is 5.67. The van der Waals surface area contributed by atoms with Gasteiger partial charge in [0.1, 0.15) is 5.60 Å². The third-order valence-electron chi connectivity index (χ3n) is 3.94. The normalized spacial score (nSPS) is 25.2. The first-order valence-electron chi connectivity index (χ1n) is 6.45. The molecule has 2 atom stereocenters. The molecular weight excluding hydrogens is 202 g/mol. The Morgan fingerprint density at radius 3 is 2.62 bits per heavy atom. The lowest BCUT2D eigenvalue weighted by Crippen LogP contribution is -2.53. The van der Waals surface area contributed by atoms with Crippen molar-refractivity contribution in [3.8, 4) is 0 Å². The Morgan fingerprint density at radius 1 is 1.44 bits per heavy atom. The molecule has 0 spiro atoms. The maximum Gasteiger partial charge on any atom is 0.254 e. The number of nitrogens with zero attached hydrogens (tertiary/aromatic N) is 1. The van der Waals surface area contributed by atoms with Crippen molar-refractivity contribution in [3.63, 3.8) is 0 Å². The van der Waals surface area contributed by atoms with Gasteiger partial charge in [0.2, 0.25) is 0 Å². The van der Waals surface area contributed by atoms with Crippen LogP contribution in [0.3, 0.4) is 0 Å². The molecule has 0 radical (unpaired) electrons. The predicted molar refractivity (Wildman–Crippen MR) is 65.3 cm³/mol. The Hall–Kier alpha value is -0.570. The Kier molecular flexibility index (Phi) is 4.78.